The van der Waals surface area contributed by atoms with Crippen LogP contribution in [0.4, 0.5) is 0 Å². The molecule has 1 saturated heterocycles. The molecule has 328 valence electrons. The van der Waals surface area contributed by atoms with Crippen LogP contribution in [-0.4, -0.2) is 100 Å². The second-order valence-corrected chi connectivity index (χ2v) is 17.3. The van der Waals surface area contributed by atoms with Crippen molar-refractivity contribution in [2.75, 3.05) is 6.61 Å². The number of ether oxygens (including phenoxy) is 6. The number of ketones is 1. The van der Waals surface area contributed by atoms with Crippen molar-refractivity contribution >= 4 is 35.6 Å². The van der Waals surface area contributed by atoms with Gasteiger partial charge >= 0.3 is 29.8 Å². The van der Waals surface area contributed by atoms with E-state index < -0.39 is 113 Å². The van der Waals surface area contributed by atoms with E-state index in [2.05, 4.69) is 0 Å². The third-order valence-corrected chi connectivity index (χ3v) is 13.4. The number of carbonyl (C=O) groups excluding carboxylic acids is 6. The molecule has 3 aromatic carbocycles. The summed E-state index contributed by atoms with van der Waals surface area (Å²) in [5, 5.41) is 25.8. The van der Waals surface area contributed by atoms with Crippen molar-refractivity contribution in [1.29, 1.82) is 0 Å². The van der Waals surface area contributed by atoms with E-state index in [9.17, 15) is 34.2 Å². The molecule has 15 nitrogen and oxygen atoms in total. The van der Waals surface area contributed by atoms with E-state index in [0.717, 1.165) is 13.8 Å². The van der Waals surface area contributed by atoms with Gasteiger partial charge in [0.1, 0.15) is 23.9 Å². The molecule has 4 N–H and O–H groups in total. The van der Waals surface area contributed by atoms with Crippen molar-refractivity contribution in [3.8, 4) is 0 Å². The molecule has 3 aromatic rings. The van der Waals surface area contributed by atoms with Gasteiger partial charge in [0.25, 0.3) is 0 Å². The smallest absolute Gasteiger partial charge is 0.350 e. The molecule has 2 bridgehead atoms. The number of carbonyl (C=O) groups is 6. The normalized spacial score (nSPS) is 31.9. The zero-order valence-corrected chi connectivity index (χ0v) is 35.3. The molecule has 11 atom stereocenters. The maximum absolute atomic E-state index is 15.5. The highest BCUT2D eigenvalue weighted by molar-refractivity contribution is 5.96. The number of rotatable bonds is 10. The van der Waals surface area contributed by atoms with Gasteiger partial charge < -0.3 is 44.4 Å². The van der Waals surface area contributed by atoms with E-state index in [1.54, 1.807) is 87.5 Å². The molecule has 15 heteroatoms. The van der Waals surface area contributed by atoms with Gasteiger partial charge in [0, 0.05) is 32.1 Å². The first-order chi connectivity index (χ1) is 29.3. The Morgan fingerprint density at radius 2 is 1.37 bits per heavy atom. The van der Waals surface area contributed by atoms with Crippen LogP contribution in [0, 0.1) is 16.7 Å². The molecule has 3 fully saturated rings. The Kier molecular flexibility index (Phi) is 11.8. The summed E-state index contributed by atoms with van der Waals surface area (Å²) in [4.78, 5) is 84.0. The molecular weight excluding hydrogens is 803 g/mol. The van der Waals surface area contributed by atoms with Gasteiger partial charge in [-0.2, -0.15) is 0 Å². The standard InChI is InChI=1S/C47H51NO14/c1-25-31(59-43(55)37(35(48)28-16-10-7-11-17-28)60-41(53)29-18-12-8-13-19-29)23-47(56)40(61-42(54)30-20-14-9-15-21-30)38-45(6,32(51)22-33-46(38,24-57-33)62-27(3)50)39(52)36(58-26(2)49)34(25)44(47,4)5/h7-21,31-33,35-38,40,51,56H,22-24,48H2,1-6H3/t31?,32-,33+,35-,36+,37?,38-,40-,45+,46-,47+/m0/s1. The quantitative estimate of drug-likeness (QED) is 0.148. The number of esters is 5. The molecule has 3 aliphatic carbocycles. The van der Waals surface area contributed by atoms with Crippen molar-refractivity contribution < 1.29 is 67.4 Å². The molecule has 0 spiro atoms. The van der Waals surface area contributed by atoms with E-state index in [-0.39, 0.29) is 35.3 Å². The fourth-order valence-electron chi connectivity index (χ4n) is 10.1. The zero-order chi connectivity index (χ0) is 44.9. The second kappa shape index (κ2) is 16.5. The van der Waals surface area contributed by atoms with Gasteiger partial charge in [-0.05, 0) is 54.8 Å². The van der Waals surface area contributed by atoms with Crippen LogP contribution in [0.5, 0.6) is 0 Å². The fourth-order valence-corrected chi connectivity index (χ4v) is 10.1. The minimum absolute atomic E-state index is 0.00981. The van der Waals surface area contributed by atoms with E-state index in [1.165, 1.54) is 31.2 Å². The lowest BCUT2D eigenvalue weighted by Crippen LogP contribution is -2.82. The van der Waals surface area contributed by atoms with Crippen LogP contribution in [0.1, 0.15) is 86.7 Å². The Balaban J connectivity index is 1.42. The Morgan fingerprint density at radius 3 is 1.90 bits per heavy atom. The highest BCUT2D eigenvalue weighted by atomic mass is 16.6. The predicted octanol–water partition coefficient (Wildman–Crippen LogP) is 4.13. The van der Waals surface area contributed by atoms with Crippen molar-refractivity contribution in [2.45, 2.75) is 108 Å². The lowest BCUT2D eigenvalue weighted by Gasteiger charge is -2.67. The number of Topliss-reactive ketones (excluding diaryl/α,β-unsaturated/α-hetero) is 1. The van der Waals surface area contributed by atoms with Gasteiger partial charge in [-0.15, -0.1) is 0 Å². The van der Waals surface area contributed by atoms with E-state index in [0.29, 0.717) is 5.56 Å². The van der Waals surface area contributed by atoms with Crippen molar-refractivity contribution in [1.82, 2.24) is 0 Å². The minimum Gasteiger partial charge on any atom is -0.455 e. The van der Waals surface area contributed by atoms with Crippen LogP contribution in [0.2, 0.25) is 0 Å². The van der Waals surface area contributed by atoms with Crippen LogP contribution in [0.15, 0.2) is 102 Å². The summed E-state index contributed by atoms with van der Waals surface area (Å²) >= 11 is 0. The first-order valence-electron chi connectivity index (χ1n) is 20.4. The zero-order valence-electron chi connectivity index (χ0n) is 35.3. The van der Waals surface area contributed by atoms with Crippen LogP contribution in [-0.2, 0) is 47.6 Å². The van der Waals surface area contributed by atoms with Crippen molar-refractivity contribution in [3.63, 3.8) is 0 Å². The van der Waals surface area contributed by atoms with Crippen LogP contribution >= 0.6 is 0 Å². The monoisotopic (exact) mass is 853 g/mol. The van der Waals surface area contributed by atoms with Gasteiger partial charge in [-0.1, -0.05) is 80.6 Å². The summed E-state index contributed by atoms with van der Waals surface area (Å²) < 4.78 is 36.3. The van der Waals surface area contributed by atoms with Crippen LogP contribution in [0.25, 0.3) is 0 Å². The number of hydrogen-bond donors (Lipinski definition) is 3. The van der Waals surface area contributed by atoms with Crippen molar-refractivity contribution in [2.24, 2.45) is 22.5 Å². The van der Waals surface area contributed by atoms with Gasteiger partial charge in [0.05, 0.1) is 41.2 Å². The summed E-state index contributed by atoms with van der Waals surface area (Å²) in [6, 6.07) is 23.0. The Hall–Kier alpha value is -5.74. The molecule has 1 heterocycles. The highest BCUT2D eigenvalue weighted by Gasteiger charge is 2.78. The largest absolute Gasteiger partial charge is 0.455 e. The summed E-state index contributed by atoms with van der Waals surface area (Å²) in [7, 11) is 0. The molecule has 2 saturated carbocycles. The van der Waals surface area contributed by atoms with E-state index in [1.807, 2.05) is 0 Å². The molecule has 62 heavy (non-hydrogen) atoms. The number of benzene rings is 3. The molecule has 0 aromatic heterocycles. The Morgan fingerprint density at radius 1 is 0.806 bits per heavy atom. The molecule has 7 rings (SSSR count). The first kappa shape index (κ1) is 44.3. The second-order valence-electron chi connectivity index (χ2n) is 17.3. The maximum atomic E-state index is 15.5. The summed E-state index contributed by atoms with van der Waals surface area (Å²) in [6.45, 7) is 8.04. The molecular formula is C47H51NO14. The lowest BCUT2D eigenvalue weighted by molar-refractivity contribution is -0.346. The summed E-state index contributed by atoms with van der Waals surface area (Å²) in [6.07, 6.45) is -10.2. The predicted molar refractivity (Wildman–Crippen MR) is 218 cm³/mol. The molecule has 2 unspecified atom stereocenters. The van der Waals surface area contributed by atoms with Crippen LogP contribution < -0.4 is 5.73 Å². The summed E-state index contributed by atoms with van der Waals surface area (Å²) in [5.74, 6) is -6.99. The number of aliphatic hydroxyl groups excluding tert-OH is 1. The lowest BCUT2D eigenvalue weighted by atomic mass is 9.44. The Labute approximate surface area is 358 Å². The number of nitrogens with two attached hydrogens (primary N) is 1. The van der Waals surface area contributed by atoms with E-state index in [4.69, 9.17) is 34.2 Å². The third kappa shape index (κ3) is 7.29. The topological polar surface area (TPSA) is 224 Å². The third-order valence-electron chi connectivity index (χ3n) is 13.4. The maximum Gasteiger partial charge on any atom is 0.350 e. The SMILES string of the molecule is CC(=O)O[C@H]1C(=O)[C@@]2(C)[C@H]([C@H](OC(=O)c3ccccc3)[C@]3(O)CC(OC(=O)C(OC(=O)c4ccccc4)[C@@H](N)c4ccccc4)C(C)=C1C3(C)C)[C@]1(OC(C)=O)CO[C@@H]1C[C@@H]2O. The highest BCUT2D eigenvalue weighted by Crippen LogP contribution is 2.64. The van der Waals surface area contributed by atoms with Crippen molar-refractivity contribution in [3.05, 3.63) is 119 Å². The minimum atomic E-state index is -2.38. The first-order valence-corrected chi connectivity index (χ1v) is 20.4. The molecule has 0 radical (unpaired) electrons. The molecule has 0 amide bonds. The number of fused-ring (bicyclic) bond motifs is 5. The van der Waals surface area contributed by atoms with Gasteiger partial charge in [-0.25, -0.2) is 14.4 Å². The summed E-state index contributed by atoms with van der Waals surface area (Å²) in [5.41, 5.74) is -0.378. The average molecular weight is 854 g/mol. The molecule has 4 aliphatic rings. The Bertz CT molecular complexity index is 2280. The number of hydrogen-bond acceptors (Lipinski definition) is 15. The average Bonchev–Trinajstić information content (AvgIpc) is 3.24. The van der Waals surface area contributed by atoms with Gasteiger partial charge in [0.2, 0.25) is 6.10 Å². The number of aliphatic hydroxyl groups is 2. The van der Waals surface area contributed by atoms with Gasteiger partial charge in [-0.3, -0.25) is 14.4 Å². The van der Waals surface area contributed by atoms with Gasteiger partial charge in [0.15, 0.2) is 17.5 Å². The fraction of sp³-hybridized carbons (Fsp3) is 0.447. The molecule has 1 aliphatic heterocycles. The van der Waals surface area contributed by atoms with Crippen LogP contribution in [0.3, 0.4) is 0 Å². The van der Waals surface area contributed by atoms with E-state index >= 15 is 4.79 Å².